The van der Waals surface area contributed by atoms with Crippen LogP contribution in [0.15, 0.2) is 42.5 Å². The second-order valence-electron chi connectivity index (χ2n) is 5.12. The van der Waals surface area contributed by atoms with Crippen molar-refractivity contribution >= 4 is 34.8 Å². The van der Waals surface area contributed by atoms with Crippen LogP contribution in [0.25, 0.3) is 0 Å². The first-order valence-corrected chi connectivity index (χ1v) is 7.31. The van der Waals surface area contributed by atoms with Crippen molar-refractivity contribution in [3.63, 3.8) is 0 Å². The Hall–Kier alpha value is -1.58. The predicted molar refractivity (Wildman–Crippen MR) is 82.3 cm³/mol. The van der Waals surface area contributed by atoms with Gasteiger partial charge in [-0.15, -0.1) is 0 Å². The van der Waals surface area contributed by atoms with E-state index in [0.29, 0.717) is 10.0 Å². The van der Waals surface area contributed by atoms with Crippen molar-refractivity contribution in [1.82, 2.24) is 0 Å². The zero-order chi connectivity index (χ0) is 15.0. The number of halogens is 3. The summed E-state index contributed by atoms with van der Waals surface area (Å²) in [5.41, 5.74) is 1.15. The predicted octanol–water partition coefficient (Wildman–Crippen LogP) is 4.87. The Morgan fingerprint density at radius 1 is 1.14 bits per heavy atom. The lowest BCUT2D eigenvalue weighted by Crippen LogP contribution is -2.15. The van der Waals surface area contributed by atoms with Gasteiger partial charge in [0.1, 0.15) is 5.82 Å². The molecule has 2 atom stereocenters. The van der Waals surface area contributed by atoms with Gasteiger partial charge in [0, 0.05) is 16.0 Å². The number of carbonyl (C=O) groups excluding carboxylic acids is 1. The highest BCUT2D eigenvalue weighted by Gasteiger charge is 2.44. The smallest absolute Gasteiger partial charge is 0.228 e. The number of carbonyl (C=O) groups is 1. The lowest BCUT2D eigenvalue weighted by atomic mass is 10.1. The fourth-order valence-electron chi connectivity index (χ4n) is 2.43. The van der Waals surface area contributed by atoms with Crippen LogP contribution in [0, 0.1) is 11.7 Å². The maximum Gasteiger partial charge on any atom is 0.228 e. The topological polar surface area (TPSA) is 29.1 Å². The van der Waals surface area contributed by atoms with Gasteiger partial charge in [-0.2, -0.15) is 0 Å². The molecule has 1 fully saturated rings. The summed E-state index contributed by atoms with van der Waals surface area (Å²) in [6.07, 6.45) is 0.719. The average Bonchev–Trinajstić information content (AvgIpc) is 3.20. The third kappa shape index (κ3) is 3.20. The molecule has 0 aromatic heterocycles. The van der Waals surface area contributed by atoms with Crippen molar-refractivity contribution in [2.45, 2.75) is 12.3 Å². The summed E-state index contributed by atoms with van der Waals surface area (Å²) >= 11 is 11.9. The number of amides is 1. The summed E-state index contributed by atoms with van der Waals surface area (Å²) in [5, 5.41) is 3.73. The van der Waals surface area contributed by atoms with Gasteiger partial charge in [0.15, 0.2) is 0 Å². The summed E-state index contributed by atoms with van der Waals surface area (Å²) in [6.45, 7) is 0. The van der Waals surface area contributed by atoms with Crippen molar-refractivity contribution in [1.29, 1.82) is 0 Å². The highest BCUT2D eigenvalue weighted by Crippen LogP contribution is 2.49. The Bertz CT molecular complexity index is 684. The molecule has 0 bridgehead atoms. The molecule has 0 radical (unpaired) electrons. The van der Waals surface area contributed by atoms with Gasteiger partial charge in [-0.1, -0.05) is 35.3 Å². The van der Waals surface area contributed by atoms with E-state index >= 15 is 0 Å². The fourth-order valence-corrected chi connectivity index (χ4v) is 2.97. The molecule has 1 aliphatic rings. The standard InChI is InChI=1S/C16H12Cl2FNO/c17-10-5-9(6-11(18)7-10)12-8-13(12)16(21)20-15-4-2-1-3-14(15)19/h1-7,12-13H,8H2,(H,20,21)/t12-,13-/m0/s1. The molecule has 2 aromatic rings. The molecule has 0 unspecified atom stereocenters. The van der Waals surface area contributed by atoms with E-state index in [1.165, 1.54) is 6.07 Å². The first-order valence-electron chi connectivity index (χ1n) is 6.56. The Labute approximate surface area is 131 Å². The number of hydrogen-bond acceptors (Lipinski definition) is 1. The summed E-state index contributed by atoms with van der Waals surface area (Å²) < 4.78 is 13.5. The van der Waals surface area contributed by atoms with Gasteiger partial charge in [-0.25, -0.2) is 4.39 Å². The van der Waals surface area contributed by atoms with Crippen LogP contribution in [0.3, 0.4) is 0 Å². The molecule has 0 heterocycles. The van der Waals surface area contributed by atoms with Crippen LogP contribution in [-0.2, 0) is 4.79 Å². The second-order valence-corrected chi connectivity index (χ2v) is 5.99. The van der Waals surface area contributed by atoms with Crippen LogP contribution in [0.4, 0.5) is 10.1 Å². The van der Waals surface area contributed by atoms with E-state index in [-0.39, 0.29) is 23.4 Å². The molecule has 0 spiro atoms. The molecule has 1 aliphatic carbocycles. The maximum absolute atomic E-state index is 13.5. The minimum Gasteiger partial charge on any atom is -0.323 e. The largest absolute Gasteiger partial charge is 0.323 e. The third-order valence-electron chi connectivity index (χ3n) is 3.57. The number of hydrogen-bond donors (Lipinski definition) is 1. The molecule has 1 saturated carbocycles. The van der Waals surface area contributed by atoms with E-state index in [1.807, 2.05) is 12.1 Å². The van der Waals surface area contributed by atoms with Gasteiger partial charge in [0.2, 0.25) is 5.91 Å². The van der Waals surface area contributed by atoms with E-state index in [2.05, 4.69) is 5.32 Å². The summed E-state index contributed by atoms with van der Waals surface area (Å²) in [7, 11) is 0. The lowest BCUT2D eigenvalue weighted by molar-refractivity contribution is -0.117. The van der Waals surface area contributed by atoms with Crippen LogP contribution in [0.5, 0.6) is 0 Å². The summed E-state index contributed by atoms with van der Waals surface area (Å²) in [6, 6.07) is 11.4. The first-order chi connectivity index (χ1) is 10.0. The van der Waals surface area contributed by atoms with Gasteiger partial charge in [0.05, 0.1) is 5.69 Å². The van der Waals surface area contributed by atoms with E-state index in [0.717, 1.165) is 12.0 Å². The second kappa shape index (κ2) is 5.66. The Kier molecular flexibility index (Phi) is 3.87. The summed E-state index contributed by atoms with van der Waals surface area (Å²) in [4.78, 5) is 12.1. The number of rotatable bonds is 3. The van der Waals surface area contributed by atoms with Gasteiger partial charge < -0.3 is 5.32 Å². The monoisotopic (exact) mass is 323 g/mol. The minimum absolute atomic E-state index is 0.0907. The maximum atomic E-state index is 13.5. The molecule has 0 aliphatic heterocycles. The van der Waals surface area contributed by atoms with Crippen molar-refractivity contribution in [3.8, 4) is 0 Å². The SMILES string of the molecule is O=C(Nc1ccccc1F)[C@H]1C[C@H]1c1cc(Cl)cc(Cl)c1. The highest BCUT2D eigenvalue weighted by molar-refractivity contribution is 6.34. The van der Waals surface area contributed by atoms with E-state index < -0.39 is 5.82 Å². The average molecular weight is 324 g/mol. The number of para-hydroxylation sites is 1. The Balaban J connectivity index is 1.70. The minimum atomic E-state index is -0.436. The summed E-state index contributed by atoms with van der Waals surface area (Å²) in [5.74, 6) is -0.692. The van der Waals surface area contributed by atoms with Gasteiger partial charge in [0.25, 0.3) is 0 Å². The molecule has 5 heteroatoms. The molecule has 108 valence electrons. The zero-order valence-electron chi connectivity index (χ0n) is 10.9. The highest BCUT2D eigenvalue weighted by atomic mass is 35.5. The quantitative estimate of drug-likeness (QED) is 0.857. The van der Waals surface area contributed by atoms with Gasteiger partial charge in [-0.3, -0.25) is 4.79 Å². The fraction of sp³-hybridized carbons (Fsp3) is 0.188. The molecular formula is C16H12Cl2FNO. The van der Waals surface area contributed by atoms with E-state index in [9.17, 15) is 9.18 Å². The van der Waals surface area contributed by atoms with Crippen LogP contribution in [-0.4, -0.2) is 5.91 Å². The molecule has 3 rings (SSSR count). The normalized spacial score (nSPS) is 20.1. The van der Waals surface area contributed by atoms with Gasteiger partial charge in [-0.05, 0) is 48.2 Å². The number of anilines is 1. The van der Waals surface area contributed by atoms with Crippen molar-refractivity contribution in [2.24, 2.45) is 5.92 Å². The number of benzene rings is 2. The lowest BCUT2D eigenvalue weighted by Gasteiger charge is -2.06. The first kappa shape index (κ1) is 14.4. The van der Waals surface area contributed by atoms with E-state index in [1.54, 1.807) is 24.3 Å². The van der Waals surface area contributed by atoms with E-state index in [4.69, 9.17) is 23.2 Å². The van der Waals surface area contributed by atoms with Gasteiger partial charge >= 0.3 is 0 Å². The molecule has 1 amide bonds. The van der Waals surface area contributed by atoms with Crippen molar-refractivity contribution in [3.05, 3.63) is 63.9 Å². The van der Waals surface area contributed by atoms with Crippen LogP contribution in [0.2, 0.25) is 10.0 Å². The molecular weight excluding hydrogens is 312 g/mol. The Morgan fingerprint density at radius 3 is 2.48 bits per heavy atom. The van der Waals surface area contributed by atoms with Crippen LogP contribution in [0.1, 0.15) is 17.9 Å². The zero-order valence-corrected chi connectivity index (χ0v) is 12.5. The molecule has 1 N–H and O–H groups in total. The van der Waals surface area contributed by atoms with Crippen LogP contribution >= 0.6 is 23.2 Å². The Morgan fingerprint density at radius 2 is 1.81 bits per heavy atom. The number of nitrogens with one attached hydrogen (secondary N) is 1. The molecule has 21 heavy (non-hydrogen) atoms. The molecule has 0 saturated heterocycles. The molecule has 2 nitrogen and oxygen atoms in total. The van der Waals surface area contributed by atoms with Crippen molar-refractivity contribution < 1.29 is 9.18 Å². The molecule has 2 aromatic carbocycles. The third-order valence-corrected chi connectivity index (χ3v) is 4.01. The van der Waals surface area contributed by atoms with Crippen molar-refractivity contribution in [2.75, 3.05) is 5.32 Å². The van der Waals surface area contributed by atoms with Crippen LogP contribution < -0.4 is 5.32 Å².